The maximum Gasteiger partial charge on any atom is 0.412 e. The lowest BCUT2D eigenvalue weighted by Gasteiger charge is -2.20. The van der Waals surface area contributed by atoms with Gasteiger partial charge in [0.25, 0.3) is 0 Å². The number of carbonyl (C=O) groups is 1. The summed E-state index contributed by atoms with van der Waals surface area (Å²) in [6.07, 6.45) is -1.39. The van der Waals surface area contributed by atoms with Gasteiger partial charge < -0.3 is 14.9 Å². The minimum atomic E-state index is -0.814. The molecule has 1 rings (SSSR count). The molecule has 1 atom stereocenters. The van der Waals surface area contributed by atoms with Gasteiger partial charge in [0.1, 0.15) is 11.4 Å². The SMILES string of the molecule is C[C@@H](O)c1cc(NC(=O)OC(C)(C)C)ccc1O. The zero-order chi connectivity index (χ0) is 13.9. The van der Waals surface area contributed by atoms with E-state index in [4.69, 9.17) is 4.74 Å². The highest BCUT2D eigenvalue weighted by Gasteiger charge is 2.17. The van der Waals surface area contributed by atoms with Crippen LogP contribution in [0.5, 0.6) is 5.75 Å². The molecule has 0 heterocycles. The first kappa shape index (κ1) is 14.3. The number of amides is 1. The van der Waals surface area contributed by atoms with Crippen molar-refractivity contribution in [2.75, 3.05) is 5.32 Å². The van der Waals surface area contributed by atoms with Crippen molar-refractivity contribution in [2.24, 2.45) is 0 Å². The predicted octanol–water partition coefficient (Wildman–Crippen LogP) is 2.79. The fourth-order valence-electron chi connectivity index (χ4n) is 1.39. The van der Waals surface area contributed by atoms with Crippen molar-refractivity contribution in [1.29, 1.82) is 0 Å². The van der Waals surface area contributed by atoms with Gasteiger partial charge in [-0.3, -0.25) is 5.32 Å². The van der Waals surface area contributed by atoms with Gasteiger partial charge in [-0.25, -0.2) is 4.79 Å². The number of phenolic OH excluding ortho intramolecular Hbond substituents is 1. The number of hydrogen-bond acceptors (Lipinski definition) is 4. The van der Waals surface area contributed by atoms with Crippen LogP contribution in [-0.4, -0.2) is 21.9 Å². The zero-order valence-electron chi connectivity index (χ0n) is 11.0. The third-order valence-electron chi connectivity index (χ3n) is 2.12. The number of benzene rings is 1. The number of aliphatic hydroxyl groups is 1. The van der Waals surface area contributed by atoms with Gasteiger partial charge in [-0.1, -0.05) is 0 Å². The summed E-state index contributed by atoms with van der Waals surface area (Å²) in [5.41, 5.74) is 0.232. The molecule has 18 heavy (non-hydrogen) atoms. The molecule has 0 aliphatic carbocycles. The van der Waals surface area contributed by atoms with Crippen molar-refractivity contribution < 1.29 is 19.7 Å². The summed E-state index contributed by atoms with van der Waals surface area (Å²) < 4.78 is 5.10. The summed E-state index contributed by atoms with van der Waals surface area (Å²) in [5, 5.41) is 21.5. The Morgan fingerprint density at radius 1 is 1.39 bits per heavy atom. The molecule has 0 unspecified atom stereocenters. The van der Waals surface area contributed by atoms with E-state index >= 15 is 0 Å². The van der Waals surface area contributed by atoms with E-state index in [1.807, 2.05) is 0 Å². The van der Waals surface area contributed by atoms with E-state index in [-0.39, 0.29) is 5.75 Å². The monoisotopic (exact) mass is 253 g/mol. The number of anilines is 1. The van der Waals surface area contributed by atoms with Crippen LogP contribution >= 0.6 is 0 Å². The first-order valence-corrected chi connectivity index (χ1v) is 5.70. The van der Waals surface area contributed by atoms with Crippen molar-refractivity contribution in [2.45, 2.75) is 39.4 Å². The zero-order valence-corrected chi connectivity index (χ0v) is 11.0. The highest BCUT2D eigenvalue weighted by molar-refractivity contribution is 5.85. The van der Waals surface area contributed by atoms with Crippen LogP contribution in [0.2, 0.25) is 0 Å². The highest BCUT2D eigenvalue weighted by Crippen LogP contribution is 2.27. The van der Waals surface area contributed by atoms with Crippen LogP contribution in [0.4, 0.5) is 10.5 Å². The highest BCUT2D eigenvalue weighted by atomic mass is 16.6. The van der Waals surface area contributed by atoms with Crippen molar-refractivity contribution in [3.63, 3.8) is 0 Å². The molecule has 0 saturated heterocycles. The molecule has 3 N–H and O–H groups in total. The second-order valence-electron chi connectivity index (χ2n) is 5.08. The lowest BCUT2D eigenvalue weighted by atomic mass is 10.1. The van der Waals surface area contributed by atoms with Crippen LogP contribution in [0.1, 0.15) is 39.4 Å². The standard InChI is InChI=1S/C13H19NO4/c1-8(15)10-7-9(5-6-11(10)16)14-12(17)18-13(2,3)4/h5-8,15-16H,1-4H3,(H,14,17)/t8-/m1/s1. The Morgan fingerprint density at radius 3 is 2.50 bits per heavy atom. The average molecular weight is 253 g/mol. The van der Waals surface area contributed by atoms with E-state index in [1.165, 1.54) is 25.1 Å². The van der Waals surface area contributed by atoms with Gasteiger partial charge in [-0.05, 0) is 45.9 Å². The lowest BCUT2D eigenvalue weighted by Crippen LogP contribution is -2.27. The Bertz CT molecular complexity index is 435. The fraction of sp³-hybridized carbons (Fsp3) is 0.462. The van der Waals surface area contributed by atoms with Gasteiger partial charge in [0.2, 0.25) is 0 Å². The van der Waals surface area contributed by atoms with E-state index in [1.54, 1.807) is 20.8 Å². The summed E-state index contributed by atoms with van der Waals surface area (Å²) in [6, 6.07) is 4.45. The maximum absolute atomic E-state index is 11.5. The first-order chi connectivity index (χ1) is 8.19. The van der Waals surface area contributed by atoms with Crippen LogP contribution in [0.3, 0.4) is 0 Å². The quantitative estimate of drug-likeness (QED) is 0.708. The molecule has 100 valence electrons. The number of carbonyl (C=O) groups excluding carboxylic acids is 1. The predicted molar refractivity (Wildman–Crippen MR) is 68.6 cm³/mol. The van der Waals surface area contributed by atoms with Crippen LogP contribution in [0, 0.1) is 0 Å². The number of ether oxygens (including phenoxy) is 1. The summed E-state index contributed by atoms with van der Waals surface area (Å²) in [5.74, 6) is -0.0141. The summed E-state index contributed by atoms with van der Waals surface area (Å²) in [6.45, 7) is 6.84. The largest absolute Gasteiger partial charge is 0.508 e. The van der Waals surface area contributed by atoms with Crippen molar-refractivity contribution in [3.8, 4) is 5.75 Å². The second kappa shape index (κ2) is 5.27. The van der Waals surface area contributed by atoms with E-state index in [0.29, 0.717) is 11.3 Å². The Labute approximate surface area is 106 Å². The molecule has 0 spiro atoms. The summed E-state index contributed by atoms with van der Waals surface area (Å²) in [7, 11) is 0. The maximum atomic E-state index is 11.5. The lowest BCUT2D eigenvalue weighted by molar-refractivity contribution is 0.0635. The molecule has 1 aromatic rings. The van der Waals surface area contributed by atoms with E-state index in [2.05, 4.69) is 5.32 Å². The van der Waals surface area contributed by atoms with Gasteiger partial charge in [0.05, 0.1) is 6.10 Å². The topological polar surface area (TPSA) is 78.8 Å². The molecule has 5 nitrogen and oxygen atoms in total. The van der Waals surface area contributed by atoms with Gasteiger partial charge in [-0.15, -0.1) is 0 Å². The van der Waals surface area contributed by atoms with Crippen LogP contribution in [-0.2, 0) is 4.74 Å². The van der Waals surface area contributed by atoms with Gasteiger partial charge in [-0.2, -0.15) is 0 Å². The first-order valence-electron chi connectivity index (χ1n) is 5.70. The molecule has 0 aliphatic rings. The molecule has 0 fully saturated rings. The van der Waals surface area contributed by atoms with E-state index in [0.717, 1.165) is 0 Å². The van der Waals surface area contributed by atoms with Crippen LogP contribution in [0.15, 0.2) is 18.2 Å². The number of nitrogens with one attached hydrogen (secondary N) is 1. The minimum Gasteiger partial charge on any atom is -0.508 e. The molecule has 0 bridgehead atoms. The Hall–Kier alpha value is -1.75. The number of phenols is 1. The van der Waals surface area contributed by atoms with E-state index in [9.17, 15) is 15.0 Å². The Morgan fingerprint density at radius 2 is 2.00 bits per heavy atom. The van der Waals surface area contributed by atoms with Crippen molar-refractivity contribution in [3.05, 3.63) is 23.8 Å². The van der Waals surface area contributed by atoms with Gasteiger partial charge in [0, 0.05) is 11.3 Å². The number of aliphatic hydroxyl groups excluding tert-OH is 1. The summed E-state index contributed by atoms with van der Waals surface area (Å²) >= 11 is 0. The minimum absolute atomic E-state index is 0.0141. The number of rotatable bonds is 2. The second-order valence-corrected chi connectivity index (χ2v) is 5.08. The third-order valence-corrected chi connectivity index (χ3v) is 2.12. The fourth-order valence-corrected chi connectivity index (χ4v) is 1.39. The number of aromatic hydroxyl groups is 1. The molecule has 5 heteroatoms. The summed E-state index contributed by atoms with van der Waals surface area (Å²) in [4.78, 5) is 11.5. The van der Waals surface area contributed by atoms with Crippen molar-refractivity contribution in [1.82, 2.24) is 0 Å². The molecule has 1 amide bonds. The average Bonchev–Trinajstić information content (AvgIpc) is 2.17. The molecule has 0 radical (unpaired) electrons. The molecular formula is C13H19NO4. The number of hydrogen-bond donors (Lipinski definition) is 3. The van der Waals surface area contributed by atoms with Crippen LogP contribution in [0.25, 0.3) is 0 Å². The van der Waals surface area contributed by atoms with E-state index < -0.39 is 17.8 Å². The van der Waals surface area contributed by atoms with Crippen molar-refractivity contribution >= 4 is 11.8 Å². The van der Waals surface area contributed by atoms with Crippen LogP contribution < -0.4 is 5.32 Å². The molecular weight excluding hydrogens is 234 g/mol. The Kier molecular flexibility index (Phi) is 4.19. The normalized spacial score (nSPS) is 12.9. The smallest absolute Gasteiger partial charge is 0.412 e. The Balaban J connectivity index is 2.80. The molecule has 0 aromatic heterocycles. The molecule has 1 aromatic carbocycles. The molecule has 0 saturated carbocycles. The van der Waals surface area contributed by atoms with Gasteiger partial charge in [0.15, 0.2) is 0 Å². The van der Waals surface area contributed by atoms with Gasteiger partial charge >= 0.3 is 6.09 Å². The molecule has 0 aliphatic heterocycles. The third kappa shape index (κ3) is 4.25.